The number of benzene rings is 2. The number of nitrogens with zero attached hydrogens (tertiary/aromatic N) is 2. The summed E-state index contributed by atoms with van der Waals surface area (Å²) in [5, 5.41) is 2.99. The Hall–Kier alpha value is -3.14. The molecule has 1 unspecified atom stereocenters. The average Bonchev–Trinajstić information content (AvgIpc) is 2.69. The van der Waals surface area contributed by atoms with Crippen molar-refractivity contribution in [2.24, 2.45) is 0 Å². The van der Waals surface area contributed by atoms with Crippen molar-refractivity contribution in [3.05, 3.63) is 95.8 Å². The Balaban J connectivity index is 1.62. The van der Waals surface area contributed by atoms with Gasteiger partial charge in [-0.05, 0) is 30.2 Å². The summed E-state index contributed by atoms with van der Waals surface area (Å²) in [5.74, 6) is -0.168. The van der Waals surface area contributed by atoms with Crippen LogP contribution < -0.4 is 10.2 Å². The molecule has 4 heteroatoms. The van der Waals surface area contributed by atoms with Gasteiger partial charge < -0.3 is 10.2 Å². The van der Waals surface area contributed by atoms with Crippen molar-refractivity contribution in [2.75, 3.05) is 11.9 Å². The van der Waals surface area contributed by atoms with Gasteiger partial charge in [0, 0.05) is 13.6 Å². The van der Waals surface area contributed by atoms with E-state index >= 15 is 0 Å². The highest BCUT2D eigenvalue weighted by molar-refractivity contribution is 5.92. The highest BCUT2D eigenvalue weighted by Gasteiger charge is 2.13. The van der Waals surface area contributed by atoms with E-state index in [1.165, 1.54) is 5.56 Å². The number of amides is 1. The van der Waals surface area contributed by atoms with Crippen LogP contribution in [0.2, 0.25) is 0 Å². The van der Waals surface area contributed by atoms with Crippen LogP contribution in [0.4, 0.5) is 5.69 Å². The molecule has 2 aromatic carbocycles. The standard InChI is InChI=1S/C22H23N3O/c1-17(19-11-7-4-8-12-19)24-22(26)21-14-13-20(15-23-21)25(2)16-18-9-5-3-6-10-18/h3-15,17H,16H2,1-2H3,(H,24,26). The number of aromatic nitrogens is 1. The molecule has 3 rings (SSSR count). The Labute approximate surface area is 154 Å². The summed E-state index contributed by atoms with van der Waals surface area (Å²) in [6.07, 6.45) is 1.74. The molecule has 1 heterocycles. The number of hydrogen-bond acceptors (Lipinski definition) is 3. The number of carbonyl (C=O) groups is 1. The Bertz CT molecular complexity index is 832. The predicted molar refractivity (Wildman–Crippen MR) is 105 cm³/mol. The van der Waals surface area contributed by atoms with E-state index in [0.29, 0.717) is 5.69 Å². The number of anilines is 1. The van der Waals surface area contributed by atoms with Gasteiger partial charge in [-0.2, -0.15) is 0 Å². The minimum Gasteiger partial charge on any atom is -0.369 e. The molecular weight excluding hydrogens is 322 g/mol. The smallest absolute Gasteiger partial charge is 0.270 e. The lowest BCUT2D eigenvalue weighted by Crippen LogP contribution is -2.27. The number of rotatable bonds is 6. The molecule has 1 atom stereocenters. The largest absolute Gasteiger partial charge is 0.369 e. The summed E-state index contributed by atoms with van der Waals surface area (Å²) in [6, 6.07) is 23.8. The third kappa shape index (κ3) is 4.48. The molecule has 0 spiro atoms. The monoisotopic (exact) mass is 345 g/mol. The lowest BCUT2D eigenvalue weighted by Gasteiger charge is -2.19. The third-order valence-corrected chi connectivity index (χ3v) is 4.33. The van der Waals surface area contributed by atoms with E-state index in [1.54, 1.807) is 12.3 Å². The number of hydrogen-bond donors (Lipinski definition) is 1. The molecule has 4 nitrogen and oxygen atoms in total. The minimum absolute atomic E-state index is 0.0640. The summed E-state index contributed by atoms with van der Waals surface area (Å²) in [6.45, 7) is 2.76. The molecule has 0 aliphatic heterocycles. The van der Waals surface area contributed by atoms with E-state index in [1.807, 2.05) is 68.6 Å². The lowest BCUT2D eigenvalue weighted by molar-refractivity contribution is 0.0935. The second-order valence-corrected chi connectivity index (χ2v) is 6.35. The van der Waals surface area contributed by atoms with Crippen LogP contribution in [0, 0.1) is 0 Å². The molecular formula is C22H23N3O. The summed E-state index contributed by atoms with van der Waals surface area (Å²) in [5.41, 5.74) is 3.69. The molecule has 0 aliphatic rings. The van der Waals surface area contributed by atoms with Crippen LogP contribution in [0.15, 0.2) is 79.0 Å². The van der Waals surface area contributed by atoms with Gasteiger partial charge in [0.2, 0.25) is 0 Å². The van der Waals surface area contributed by atoms with Crippen molar-refractivity contribution < 1.29 is 4.79 Å². The topological polar surface area (TPSA) is 45.2 Å². The maximum absolute atomic E-state index is 12.4. The van der Waals surface area contributed by atoms with E-state index < -0.39 is 0 Å². The normalized spacial score (nSPS) is 11.6. The van der Waals surface area contributed by atoms with Gasteiger partial charge in [0.1, 0.15) is 5.69 Å². The van der Waals surface area contributed by atoms with Crippen molar-refractivity contribution in [1.29, 1.82) is 0 Å². The zero-order chi connectivity index (χ0) is 18.4. The van der Waals surface area contributed by atoms with Crippen LogP contribution in [0.1, 0.15) is 34.6 Å². The highest BCUT2D eigenvalue weighted by Crippen LogP contribution is 2.16. The first-order chi connectivity index (χ1) is 12.6. The fraction of sp³-hybridized carbons (Fsp3) is 0.182. The molecule has 0 aliphatic carbocycles. The van der Waals surface area contributed by atoms with Crippen molar-refractivity contribution in [3.63, 3.8) is 0 Å². The Kier molecular flexibility index (Phi) is 5.64. The highest BCUT2D eigenvalue weighted by atomic mass is 16.1. The van der Waals surface area contributed by atoms with E-state index in [2.05, 4.69) is 27.3 Å². The van der Waals surface area contributed by atoms with E-state index in [-0.39, 0.29) is 11.9 Å². The van der Waals surface area contributed by atoms with Crippen molar-refractivity contribution in [2.45, 2.75) is 19.5 Å². The van der Waals surface area contributed by atoms with Gasteiger partial charge in [0.25, 0.3) is 5.91 Å². The minimum atomic E-state index is -0.168. The van der Waals surface area contributed by atoms with Crippen LogP contribution in [-0.2, 0) is 6.54 Å². The first-order valence-electron chi connectivity index (χ1n) is 8.70. The molecule has 132 valence electrons. The Morgan fingerprint density at radius 2 is 1.65 bits per heavy atom. The van der Waals surface area contributed by atoms with Crippen LogP contribution >= 0.6 is 0 Å². The Morgan fingerprint density at radius 3 is 2.27 bits per heavy atom. The second kappa shape index (κ2) is 8.30. The van der Waals surface area contributed by atoms with Gasteiger partial charge in [-0.1, -0.05) is 60.7 Å². The number of nitrogens with one attached hydrogen (secondary N) is 1. The van der Waals surface area contributed by atoms with Crippen LogP contribution in [-0.4, -0.2) is 17.9 Å². The van der Waals surface area contributed by atoms with Gasteiger partial charge in [-0.25, -0.2) is 4.98 Å². The molecule has 0 radical (unpaired) electrons. The molecule has 0 bridgehead atoms. The lowest BCUT2D eigenvalue weighted by atomic mass is 10.1. The summed E-state index contributed by atoms with van der Waals surface area (Å²) < 4.78 is 0. The second-order valence-electron chi connectivity index (χ2n) is 6.35. The molecule has 3 aromatic rings. The molecule has 0 saturated heterocycles. The molecule has 1 N–H and O–H groups in total. The molecule has 0 fully saturated rings. The maximum Gasteiger partial charge on any atom is 0.270 e. The zero-order valence-electron chi connectivity index (χ0n) is 15.1. The quantitative estimate of drug-likeness (QED) is 0.728. The van der Waals surface area contributed by atoms with Gasteiger partial charge in [-0.15, -0.1) is 0 Å². The molecule has 26 heavy (non-hydrogen) atoms. The van der Waals surface area contributed by atoms with Gasteiger partial charge in [-0.3, -0.25) is 4.79 Å². The van der Waals surface area contributed by atoms with E-state index in [0.717, 1.165) is 17.8 Å². The van der Waals surface area contributed by atoms with Crippen molar-refractivity contribution in [1.82, 2.24) is 10.3 Å². The molecule has 1 aromatic heterocycles. The van der Waals surface area contributed by atoms with E-state index in [4.69, 9.17) is 0 Å². The number of pyridine rings is 1. The van der Waals surface area contributed by atoms with Crippen molar-refractivity contribution in [3.8, 4) is 0 Å². The predicted octanol–water partition coefficient (Wildman–Crippen LogP) is 4.21. The van der Waals surface area contributed by atoms with Gasteiger partial charge in [0.05, 0.1) is 17.9 Å². The van der Waals surface area contributed by atoms with Crippen LogP contribution in [0.5, 0.6) is 0 Å². The molecule has 1 amide bonds. The summed E-state index contributed by atoms with van der Waals surface area (Å²) >= 11 is 0. The van der Waals surface area contributed by atoms with Crippen LogP contribution in [0.25, 0.3) is 0 Å². The molecule has 0 saturated carbocycles. The first kappa shape index (κ1) is 17.7. The maximum atomic E-state index is 12.4. The summed E-state index contributed by atoms with van der Waals surface area (Å²) in [4.78, 5) is 18.9. The van der Waals surface area contributed by atoms with Crippen molar-refractivity contribution >= 4 is 11.6 Å². The van der Waals surface area contributed by atoms with E-state index in [9.17, 15) is 4.79 Å². The number of carbonyl (C=O) groups excluding carboxylic acids is 1. The SMILES string of the molecule is CC(NC(=O)c1ccc(N(C)Cc2ccccc2)cn1)c1ccccc1. The zero-order valence-corrected chi connectivity index (χ0v) is 15.1. The van der Waals surface area contributed by atoms with Crippen LogP contribution in [0.3, 0.4) is 0 Å². The average molecular weight is 345 g/mol. The summed E-state index contributed by atoms with van der Waals surface area (Å²) in [7, 11) is 2.02. The third-order valence-electron chi connectivity index (χ3n) is 4.33. The first-order valence-corrected chi connectivity index (χ1v) is 8.70. The fourth-order valence-electron chi connectivity index (χ4n) is 2.79. The van der Waals surface area contributed by atoms with Gasteiger partial charge >= 0.3 is 0 Å². The van der Waals surface area contributed by atoms with Gasteiger partial charge in [0.15, 0.2) is 0 Å². The Morgan fingerprint density at radius 1 is 1.00 bits per heavy atom. The fourth-order valence-corrected chi connectivity index (χ4v) is 2.79.